The molecular weight excluding hydrogens is 280 g/mol. The molecule has 0 atom stereocenters. The van der Waals surface area contributed by atoms with Crippen LogP contribution in [0.15, 0.2) is 0 Å². The molecule has 1 aromatic rings. The van der Waals surface area contributed by atoms with Gasteiger partial charge in [-0.2, -0.15) is 0 Å². The highest BCUT2D eigenvalue weighted by atomic mass is 16.5. The number of pyridine rings is 1. The van der Waals surface area contributed by atoms with Crippen molar-refractivity contribution < 1.29 is 14.3 Å². The third kappa shape index (κ3) is 5.20. The molecule has 0 bridgehead atoms. The summed E-state index contributed by atoms with van der Waals surface area (Å²) in [4.78, 5) is 16.2. The van der Waals surface area contributed by atoms with Crippen molar-refractivity contribution >= 4 is 11.9 Å². The predicted octanol–water partition coefficient (Wildman–Crippen LogP) is 4.39. The second kappa shape index (κ2) is 8.61. The molecule has 0 saturated heterocycles. The van der Waals surface area contributed by atoms with Crippen LogP contribution in [-0.2, 0) is 4.74 Å². The average molecular weight is 308 g/mol. The zero-order valence-electron chi connectivity index (χ0n) is 14.6. The molecule has 0 saturated carbocycles. The van der Waals surface area contributed by atoms with Crippen LogP contribution in [0.2, 0.25) is 0 Å². The number of anilines is 1. The summed E-state index contributed by atoms with van der Waals surface area (Å²) in [6, 6.07) is 0. The monoisotopic (exact) mass is 308 g/mol. The van der Waals surface area contributed by atoms with Gasteiger partial charge in [0.2, 0.25) is 0 Å². The lowest BCUT2D eigenvalue weighted by Gasteiger charge is -2.17. The lowest BCUT2D eigenvalue weighted by Crippen LogP contribution is -2.19. The summed E-state index contributed by atoms with van der Waals surface area (Å²) in [5.74, 6) is 1.65. The maximum atomic E-state index is 11.8. The second-order valence-electron chi connectivity index (χ2n) is 5.94. The first-order valence-corrected chi connectivity index (χ1v) is 7.91. The van der Waals surface area contributed by atoms with Crippen molar-refractivity contribution in [1.82, 2.24) is 4.98 Å². The number of hydrogen-bond acceptors (Lipinski definition) is 4. The van der Waals surface area contributed by atoms with E-state index < -0.39 is 6.09 Å². The maximum Gasteiger partial charge on any atom is 0.412 e. The van der Waals surface area contributed by atoms with Crippen LogP contribution in [0, 0.1) is 26.7 Å². The van der Waals surface area contributed by atoms with E-state index in [-0.39, 0.29) is 0 Å². The third-order valence-corrected chi connectivity index (χ3v) is 3.38. The molecule has 0 aliphatic rings. The number of hydrogen-bond donors (Lipinski definition) is 1. The van der Waals surface area contributed by atoms with E-state index in [1.807, 2.05) is 34.6 Å². The van der Waals surface area contributed by atoms with E-state index in [1.165, 1.54) is 0 Å². The molecule has 1 heterocycles. The van der Waals surface area contributed by atoms with Gasteiger partial charge < -0.3 is 9.47 Å². The molecule has 22 heavy (non-hydrogen) atoms. The number of unbranched alkanes of at least 4 members (excludes halogenated alkanes) is 1. The molecule has 0 aliphatic heterocycles. The normalized spacial score (nSPS) is 10.7. The lowest BCUT2D eigenvalue weighted by atomic mass is 10.1. The largest absolute Gasteiger partial charge is 0.491 e. The number of carbonyl (C=O) groups is 1. The zero-order chi connectivity index (χ0) is 16.7. The summed E-state index contributed by atoms with van der Waals surface area (Å²) >= 11 is 0. The Morgan fingerprint density at radius 2 is 1.91 bits per heavy atom. The molecule has 1 amide bonds. The minimum atomic E-state index is -0.470. The molecule has 0 unspecified atom stereocenters. The average Bonchev–Trinajstić information content (AvgIpc) is 2.46. The van der Waals surface area contributed by atoms with E-state index in [0.717, 1.165) is 35.4 Å². The summed E-state index contributed by atoms with van der Waals surface area (Å²) in [6.45, 7) is 13.0. The molecule has 0 radical (unpaired) electrons. The Labute approximate surface area is 133 Å². The predicted molar refractivity (Wildman–Crippen MR) is 88.7 cm³/mol. The number of nitrogens with one attached hydrogen (secondary N) is 1. The van der Waals surface area contributed by atoms with Gasteiger partial charge in [-0.1, -0.05) is 27.2 Å². The first-order chi connectivity index (χ1) is 10.4. The van der Waals surface area contributed by atoms with E-state index in [9.17, 15) is 4.79 Å². The summed E-state index contributed by atoms with van der Waals surface area (Å²) in [7, 11) is 0. The highest BCUT2D eigenvalue weighted by Gasteiger charge is 2.15. The van der Waals surface area contributed by atoms with E-state index in [4.69, 9.17) is 9.47 Å². The van der Waals surface area contributed by atoms with E-state index in [0.29, 0.717) is 24.9 Å². The molecule has 124 valence electrons. The van der Waals surface area contributed by atoms with Gasteiger partial charge in [-0.3, -0.25) is 5.32 Å². The van der Waals surface area contributed by atoms with Gasteiger partial charge in [0, 0.05) is 0 Å². The SMILES string of the molecule is CCCCOc1c(C)nc(NC(=O)OCC(C)C)c(C)c1C. The molecule has 1 rings (SSSR count). The number of aryl methyl sites for hydroxylation is 1. The fourth-order valence-electron chi connectivity index (χ4n) is 1.95. The summed E-state index contributed by atoms with van der Waals surface area (Å²) in [5, 5.41) is 2.71. The van der Waals surface area contributed by atoms with Gasteiger partial charge in [-0.05, 0) is 44.2 Å². The fraction of sp³-hybridized carbons (Fsp3) is 0.647. The van der Waals surface area contributed by atoms with Gasteiger partial charge in [0.1, 0.15) is 11.6 Å². The van der Waals surface area contributed by atoms with Gasteiger partial charge in [0.25, 0.3) is 0 Å². The number of rotatable bonds is 7. The van der Waals surface area contributed by atoms with E-state index in [2.05, 4.69) is 17.2 Å². The minimum absolute atomic E-state index is 0.303. The van der Waals surface area contributed by atoms with E-state index in [1.54, 1.807) is 0 Å². The van der Waals surface area contributed by atoms with Crippen LogP contribution >= 0.6 is 0 Å². The van der Waals surface area contributed by atoms with Crippen LogP contribution in [0.3, 0.4) is 0 Å². The molecule has 5 heteroatoms. The van der Waals surface area contributed by atoms with Crippen molar-refractivity contribution in [3.63, 3.8) is 0 Å². The van der Waals surface area contributed by atoms with Crippen LogP contribution in [0.25, 0.3) is 0 Å². The number of carbonyl (C=O) groups excluding carboxylic acids is 1. The number of nitrogens with zero attached hydrogens (tertiary/aromatic N) is 1. The van der Waals surface area contributed by atoms with Crippen LogP contribution in [0.4, 0.5) is 10.6 Å². The van der Waals surface area contributed by atoms with Crippen LogP contribution in [0.1, 0.15) is 50.4 Å². The van der Waals surface area contributed by atoms with Crippen molar-refractivity contribution in [3.05, 3.63) is 16.8 Å². The van der Waals surface area contributed by atoms with Gasteiger partial charge in [-0.25, -0.2) is 9.78 Å². The Morgan fingerprint density at radius 3 is 2.50 bits per heavy atom. The summed E-state index contributed by atoms with van der Waals surface area (Å²) in [6.07, 6.45) is 1.63. The van der Waals surface area contributed by atoms with Crippen molar-refractivity contribution in [2.24, 2.45) is 5.92 Å². The Morgan fingerprint density at radius 1 is 1.23 bits per heavy atom. The van der Waals surface area contributed by atoms with Crippen molar-refractivity contribution in [1.29, 1.82) is 0 Å². The Hall–Kier alpha value is -1.78. The zero-order valence-corrected chi connectivity index (χ0v) is 14.6. The Bertz CT molecular complexity index is 513. The minimum Gasteiger partial charge on any atom is -0.491 e. The maximum absolute atomic E-state index is 11.8. The number of amides is 1. The molecule has 0 aliphatic carbocycles. The van der Waals surface area contributed by atoms with Gasteiger partial charge in [0.05, 0.1) is 18.9 Å². The second-order valence-corrected chi connectivity index (χ2v) is 5.94. The Balaban J connectivity index is 2.83. The molecule has 0 fully saturated rings. The number of aromatic nitrogens is 1. The summed E-state index contributed by atoms with van der Waals surface area (Å²) < 4.78 is 11.0. The third-order valence-electron chi connectivity index (χ3n) is 3.38. The molecule has 1 N–H and O–H groups in total. The molecule has 1 aromatic heterocycles. The smallest absolute Gasteiger partial charge is 0.412 e. The standard InChI is InChI=1S/C17H28N2O3/c1-7-8-9-21-15-12(4)13(5)16(18-14(15)6)19-17(20)22-10-11(2)3/h11H,7-10H2,1-6H3,(H,18,19,20). The first kappa shape index (κ1) is 18.3. The van der Waals surface area contributed by atoms with Crippen LogP contribution < -0.4 is 10.1 Å². The molecule has 5 nitrogen and oxygen atoms in total. The van der Waals surface area contributed by atoms with Crippen LogP contribution in [-0.4, -0.2) is 24.3 Å². The topological polar surface area (TPSA) is 60.5 Å². The number of ether oxygens (including phenoxy) is 2. The van der Waals surface area contributed by atoms with Crippen molar-refractivity contribution in [3.8, 4) is 5.75 Å². The van der Waals surface area contributed by atoms with Gasteiger partial charge in [-0.15, -0.1) is 0 Å². The van der Waals surface area contributed by atoms with Gasteiger partial charge in [0.15, 0.2) is 0 Å². The summed E-state index contributed by atoms with van der Waals surface area (Å²) in [5.41, 5.74) is 2.68. The van der Waals surface area contributed by atoms with Crippen molar-refractivity contribution in [2.45, 2.75) is 54.4 Å². The quantitative estimate of drug-likeness (QED) is 0.759. The fourth-order valence-corrected chi connectivity index (χ4v) is 1.95. The first-order valence-electron chi connectivity index (χ1n) is 7.91. The highest BCUT2D eigenvalue weighted by Crippen LogP contribution is 2.29. The lowest BCUT2D eigenvalue weighted by molar-refractivity contribution is 0.147. The van der Waals surface area contributed by atoms with E-state index >= 15 is 0 Å². The Kier molecular flexibility index (Phi) is 7.15. The van der Waals surface area contributed by atoms with Crippen LogP contribution in [0.5, 0.6) is 5.75 Å². The van der Waals surface area contributed by atoms with Gasteiger partial charge >= 0.3 is 6.09 Å². The van der Waals surface area contributed by atoms with Crippen molar-refractivity contribution in [2.75, 3.05) is 18.5 Å². The molecule has 0 spiro atoms. The molecule has 0 aromatic carbocycles. The highest BCUT2D eigenvalue weighted by molar-refractivity contribution is 5.84. The molecular formula is C17H28N2O3.